The number of Topliss-reactive ketones (excluding diaryl/α,β-unsaturated/α-hetero) is 1. The van der Waals surface area contributed by atoms with Crippen LogP contribution in [-0.4, -0.2) is 71.7 Å². The van der Waals surface area contributed by atoms with Gasteiger partial charge >= 0.3 is 0 Å². The maximum Gasteiger partial charge on any atom is 0.265 e. The first-order valence-corrected chi connectivity index (χ1v) is 17.4. The zero-order valence-corrected chi connectivity index (χ0v) is 28.3. The Kier molecular flexibility index (Phi) is 9.66. The fourth-order valence-electron chi connectivity index (χ4n) is 5.96. The molecule has 1 aliphatic rings. The molecule has 49 heavy (non-hydrogen) atoms. The van der Waals surface area contributed by atoms with Crippen LogP contribution in [0.2, 0.25) is 5.02 Å². The molecule has 0 bridgehead atoms. The van der Waals surface area contributed by atoms with Gasteiger partial charge in [0.2, 0.25) is 0 Å². The standard InChI is InChI=1S/C36H33ClN4O7S/c1-22-33(37)34(23(2)43)38-41(22)32-14-12-27(35(44)39-49(46,47)30-13-11-24-7-3-4-9-26(24)18-30)19-31(32)36(45)40-20-28-10-6-5-8-25(28)17-29(40)21-48-16-15-42/h3-14,18-19,29,42H,15-17,20-21H2,1-2H3,(H,39,44)/t29-/m0/s1. The lowest BCUT2D eigenvalue weighted by molar-refractivity contribution is 0.0278. The second-order valence-electron chi connectivity index (χ2n) is 11.7. The van der Waals surface area contributed by atoms with E-state index in [1.807, 2.05) is 36.4 Å². The van der Waals surface area contributed by atoms with Gasteiger partial charge in [-0.15, -0.1) is 0 Å². The molecule has 0 spiro atoms. The second-order valence-corrected chi connectivity index (χ2v) is 13.8. The van der Waals surface area contributed by atoms with Crippen molar-refractivity contribution in [1.29, 1.82) is 0 Å². The number of ketones is 1. The number of carbonyl (C=O) groups is 3. The van der Waals surface area contributed by atoms with E-state index in [9.17, 15) is 27.9 Å². The quantitative estimate of drug-likeness (QED) is 0.155. The van der Waals surface area contributed by atoms with Gasteiger partial charge in [-0.05, 0) is 65.6 Å². The summed E-state index contributed by atoms with van der Waals surface area (Å²) in [7, 11) is -4.29. The molecule has 0 saturated heterocycles. The van der Waals surface area contributed by atoms with E-state index in [2.05, 4.69) is 9.82 Å². The van der Waals surface area contributed by atoms with E-state index in [0.29, 0.717) is 17.5 Å². The van der Waals surface area contributed by atoms with Crippen molar-refractivity contribution in [3.8, 4) is 5.69 Å². The third-order valence-corrected chi connectivity index (χ3v) is 10.3. The monoisotopic (exact) mass is 700 g/mol. The molecule has 0 unspecified atom stereocenters. The minimum Gasteiger partial charge on any atom is -0.394 e. The van der Waals surface area contributed by atoms with Crippen molar-refractivity contribution in [2.45, 2.75) is 37.8 Å². The summed E-state index contributed by atoms with van der Waals surface area (Å²) in [4.78, 5) is 42.0. The number of halogens is 1. The number of nitrogens with one attached hydrogen (secondary N) is 1. The van der Waals surface area contributed by atoms with Gasteiger partial charge in [0.1, 0.15) is 5.69 Å². The number of amides is 2. The highest BCUT2D eigenvalue weighted by molar-refractivity contribution is 7.90. The van der Waals surface area contributed by atoms with Gasteiger partial charge in [0.15, 0.2) is 5.78 Å². The Labute approximate surface area is 288 Å². The van der Waals surface area contributed by atoms with Crippen molar-refractivity contribution in [1.82, 2.24) is 19.4 Å². The van der Waals surface area contributed by atoms with Crippen molar-refractivity contribution in [3.63, 3.8) is 0 Å². The van der Waals surface area contributed by atoms with Crippen LogP contribution in [0.1, 0.15) is 54.9 Å². The van der Waals surface area contributed by atoms with E-state index < -0.39 is 27.9 Å². The van der Waals surface area contributed by atoms with Gasteiger partial charge in [-0.3, -0.25) is 14.4 Å². The van der Waals surface area contributed by atoms with Crippen molar-refractivity contribution in [3.05, 3.63) is 124 Å². The topological polar surface area (TPSA) is 148 Å². The van der Waals surface area contributed by atoms with E-state index in [0.717, 1.165) is 16.5 Å². The summed E-state index contributed by atoms with van der Waals surface area (Å²) in [5.41, 5.74) is 2.57. The van der Waals surface area contributed by atoms with E-state index in [1.54, 1.807) is 30.0 Å². The van der Waals surface area contributed by atoms with Crippen LogP contribution < -0.4 is 4.72 Å². The summed E-state index contributed by atoms with van der Waals surface area (Å²) in [5, 5.41) is 15.4. The highest BCUT2D eigenvalue weighted by atomic mass is 35.5. The van der Waals surface area contributed by atoms with Gasteiger partial charge in [0.25, 0.3) is 21.8 Å². The lowest BCUT2D eigenvalue weighted by Gasteiger charge is -2.37. The van der Waals surface area contributed by atoms with Gasteiger partial charge in [0.05, 0.1) is 52.7 Å². The molecule has 0 saturated carbocycles. The Bertz CT molecular complexity index is 2220. The summed E-state index contributed by atoms with van der Waals surface area (Å²) >= 11 is 6.47. The van der Waals surface area contributed by atoms with Crippen LogP contribution >= 0.6 is 11.6 Å². The SMILES string of the molecule is CC(=O)c1nn(-c2ccc(C(=O)NS(=O)(=O)c3ccc4ccccc4c3)cc2C(=O)N2Cc3ccccc3C[C@H]2COCCO)c(C)c1Cl. The van der Waals surface area contributed by atoms with Crippen LogP contribution in [0.4, 0.5) is 0 Å². The maximum atomic E-state index is 14.6. The highest BCUT2D eigenvalue weighted by Gasteiger charge is 2.33. The van der Waals surface area contributed by atoms with E-state index in [1.165, 1.54) is 41.9 Å². The average Bonchev–Trinajstić information content (AvgIpc) is 3.40. The molecule has 2 N–H and O–H groups in total. The van der Waals surface area contributed by atoms with Crippen LogP contribution in [0.3, 0.4) is 0 Å². The molecule has 13 heteroatoms. The molecule has 1 aliphatic heterocycles. The summed E-state index contributed by atoms with van der Waals surface area (Å²) in [6.45, 7) is 3.25. The van der Waals surface area contributed by atoms with Crippen LogP contribution in [-0.2, 0) is 27.7 Å². The van der Waals surface area contributed by atoms with Crippen LogP contribution in [0.25, 0.3) is 16.5 Å². The number of hydrogen-bond donors (Lipinski definition) is 2. The van der Waals surface area contributed by atoms with Gasteiger partial charge in [-0.2, -0.15) is 5.10 Å². The fourth-order valence-corrected chi connectivity index (χ4v) is 7.22. The first-order valence-electron chi connectivity index (χ1n) is 15.5. The summed E-state index contributed by atoms with van der Waals surface area (Å²) in [6, 6.07) is 23.3. The second kappa shape index (κ2) is 13.9. The van der Waals surface area contributed by atoms with Crippen LogP contribution in [0, 0.1) is 6.92 Å². The average molecular weight is 701 g/mol. The molecule has 2 amide bonds. The number of nitrogens with zero attached hydrogens (tertiary/aromatic N) is 3. The predicted octanol–water partition coefficient (Wildman–Crippen LogP) is 4.88. The van der Waals surface area contributed by atoms with Crippen molar-refractivity contribution in [2.75, 3.05) is 19.8 Å². The minimum absolute atomic E-state index is 0.0167. The van der Waals surface area contributed by atoms with Crippen molar-refractivity contribution in [2.24, 2.45) is 0 Å². The normalized spacial score (nSPS) is 14.4. The zero-order valence-electron chi connectivity index (χ0n) is 26.7. The number of sulfonamides is 1. The molecule has 4 aromatic carbocycles. The number of aliphatic hydroxyl groups excluding tert-OH is 1. The summed E-state index contributed by atoms with van der Waals surface area (Å²) in [5.74, 6) is -1.80. The van der Waals surface area contributed by atoms with Gasteiger partial charge in [0, 0.05) is 19.0 Å². The number of ether oxygens (including phenoxy) is 1. The molecule has 0 fully saturated rings. The Hall–Kier alpha value is -4.88. The smallest absolute Gasteiger partial charge is 0.265 e. The molecule has 252 valence electrons. The minimum atomic E-state index is -4.29. The molecule has 0 radical (unpaired) electrons. The Balaban J connectivity index is 1.41. The number of hydrogen-bond acceptors (Lipinski definition) is 8. The number of aromatic nitrogens is 2. The van der Waals surface area contributed by atoms with E-state index in [-0.39, 0.29) is 64.6 Å². The molecule has 1 aromatic heterocycles. The molecule has 1 atom stereocenters. The molecular formula is C36H33ClN4O7S. The number of carbonyl (C=O) groups excluding carboxylic acids is 3. The number of benzene rings is 4. The fraction of sp³-hybridized carbons (Fsp3) is 0.222. The van der Waals surface area contributed by atoms with Gasteiger partial charge < -0.3 is 14.7 Å². The van der Waals surface area contributed by atoms with Crippen molar-refractivity contribution >= 4 is 50.0 Å². The molecule has 11 nitrogen and oxygen atoms in total. The van der Waals surface area contributed by atoms with Crippen LogP contribution in [0.15, 0.2) is 89.8 Å². The Morgan fingerprint density at radius 1 is 0.980 bits per heavy atom. The Morgan fingerprint density at radius 2 is 1.69 bits per heavy atom. The highest BCUT2D eigenvalue weighted by Crippen LogP contribution is 2.30. The lowest BCUT2D eigenvalue weighted by Crippen LogP contribution is -2.47. The molecule has 0 aliphatic carbocycles. The largest absolute Gasteiger partial charge is 0.394 e. The van der Waals surface area contributed by atoms with E-state index in [4.69, 9.17) is 16.3 Å². The molecular weight excluding hydrogens is 668 g/mol. The lowest BCUT2D eigenvalue weighted by atomic mass is 9.93. The van der Waals surface area contributed by atoms with Gasteiger partial charge in [-0.25, -0.2) is 17.8 Å². The predicted molar refractivity (Wildman–Crippen MR) is 184 cm³/mol. The third-order valence-electron chi connectivity index (χ3n) is 8.51. The zero-order chi connectivity index (χ0) is 34.9. The first-order chi connectivity index (χ1) is 23.5. The number of rotatable bonds is 10. The summed E-state index contributed by atoms with van der Waals surface area (Å²) in [6.07, 6.45) is 0.480. The molecule has 6 rings (SSSR count). The number of aliphatic hydroxyl groups is 1. The van der Waals surface area contributed by atoms with Crippen molar-refractivity contribution < 1.29 is 32.6 Å². The molecule has 2 heterocycles. The molecule has 5 aromatic rings. The maximum absolute atomic E-state index is 14.6. The Morgan fingerprint density at radius 3 is 2.41 bits per heavy atom. The van der Waals surface area contributed by atoms with Crippen LogP contribution in [0.5, 0.6) is 0 Å². The first kappa shape index (κ1) is 34.0. The third kappa shape index (κ3) is 6.86. The summed E-state index contributed by atoms with van der Waals surface area (Å²) < 4.78 is 35.9. The van der Waals surface area contributed by atoms with Gasteiger partial charge in [-0.1, -0.05) is 66.2 Å². The van der Waals surface area contributed by atoms with E-state index >= 15 is 0 Å². The number of fused-ring (bicyclic) bond motifs is 2.